The van der Waals surface area contributed by atoms with Gasteiger partial charge in [-0.05, 0) is 12.0 Å². The number of hydrogen-bond acceptors (Lipinski definition) is 7. The molecule has 1 atom stereocenters. The topological polar surface area (TPSA) is 106 Å². The van der Waals surface area contributed by atoms with Crippen molar-refractivity contribution >= 4 is 45.0 Å². The molecule has 3 rings (SSSR count). The minimum atomic E-state index is -0.897. The number of carbonyl (C=O) groups is 1. The summed E-state index contributed by atoms with van der Waals surface area (Å²) in [4.78, 5) is 31.1. The van der Waals surface area contributed by atoms with Gasteiger partial charge in [-0.15, -0.1) is 11.3 Å². The van der Waals surface area contributed by atoms with E-state index in [2.05, 4.69) is 9.97 Å². The van der Waals surface area contributed by atoms with E-state index in [0.29, 0.717) is 17.0 Å². The lowest BCUT2D eigenvalue weighted by molar-refractivity contribution is -0.384. The van der Waals surface area contributed by atoms with Crippen LogP contribution in [0.4, 0.5) is 5.69 Å². The van der Waals surface area contributed by atoms with E-state index in [1.165, 1.54) is 41.6 Å². The van der Waals surface area contributed by atoms with Gasteiger partial charge in [0.25, 0.3) is 5.69 Å². The quantitative estimate of drug-likeness (QED) is 0.297. The maximum Gasteiger partial charge on any atom is 0.317 e. The lowest BCUT2D eigenvalue weighted by atomic mass is 10.1. The summed E-state index contributed by atoms with van der Waals surface area (Å²) in [5, 5.41) is 22.9. The Morgan fingerprint density at radius 2 is 2.24 bits per heavy atom. The summed E-state index contributed by atoms with van der Waals surface area (Å²) in [6.45, 7) is 1.80. The van der Waals surface area contributed by atoms with E-state index in [4.69, 9.17) is 0 Å². The van der Waals surface area contributed by atoms with Crippen LogP contribution in [0.5, 0.6) is 0 Å². The Balaban J connectivity index is 2.13. The Hall–Kier alpha value is -2.52. The molecule has 3 aromatic rings. The molecule has 1 aromatic carbocycles. The summed E-state index contributed by atoms with van der Waals surface area (Å²) in [5.41, 5.74) is 1.45. The highest BCUT2D eigenvalue weighted by atomic mass is 32.2. The van der Waals surface area contributed by atoms with E-state index >= 15 is 0 Å². The highest BCUT2D eigenvalue weighted by Gasteiger charge is 2.21. The number of thiophene rings is 1. The average Bonchev–Trinajstić information content (AvgIpc) is 3.04. The summed E-state index contributed by atoms with van der Waals surface area (Å²) in [7, 11) is 0. The molecule has 0 spiro atoms. The minimum Gasteiger partial charge on any atom is -0.480 e. The smallest absolute Gasteiger partial charge is 0.317 e. The Labute approximate surface area is 150 Å². The number of carboxylic acids is 1. The fourth-order valence-corrected chi connectivity index (χ4v) is 4.33. The van der Waals surface area contributed by atoms with E-state index in [0.717, 1.165) is 15.8 Å². The zero-order valence-electron chi connectivity index (χ0n) is 13.1. The van der Waals surface area contributed by atoms with Gasteiger partial charge in [-0.25, -0.2) is 9.97 Å². The molecule has 0 aliphatic heterocycles. The van der Waals surface area contributed by atoms with Crippen molar-refractivity contribution in [3.63, 3.8) is 0 Å². The van der Waals surface area contributed by atoms with Gasteiger partial charge < -0.3 is 5.11 Å². The van der Waals surface area contributed by atoms with Gasteiger partial charge in [0.05, 0.1) is 10.3 Å². The van der Waals surface area contributed by atoms with Crippen LogP contribution in [0.3, 0.4) is 0 Å². The third-order valence-electron chi connectivity index (χ3n) is 3.60. The number of fused-ring (bicyclic) bond motifs is 1. The van der Waals surface area contributed by atoms with Gasteiger partial charge in [-0.3, -0.25) is 14.9 Å². The zero-order chi connectivity index (χ0) is 18.0. The molecule has 0 bridgehead atoms. The van der Waals surface area contributed by atoms with Gasteiger partial charge in [0.2, 0.25) is 0 Å². The number of hydrogen-bond donors (Lipinski definition) is 1. The predicted octanol–water partition coefficient (Wildman–Crippen LogP) is 4.22. The van der Waals surface area contributed by atoms with Crippen LogP contribution < -0.4 is 0 Å². The highest BCUT2D eigenvalue weighted by Crippen LogP contribution is 2.40. The van der Waals surface area contributed by atoms with E-state index in [9.17, 15) is 20.0 Å². The molecule has 0 saturated carbocycles. The molecule has 7 nitrogen and oxygen atoms in total. The lowest BCUT2D eigenvalue weighted by Crippen LogP contribution is -2.15. The first kappa shape index (κ1) is 17.3. The van der Waals surface area contributed by atoms with E-state index in [1.807, 2.05) is 5.38 Å². The summed E-state index contributed by atoms with van der Waals surface area (Å²) in [5.74, 6) is -0.897. The maximum absolute atomic E-state index is 11.3. The van der Waals surface area contributed by atoms with E-state index in [-0.39, 0.29) is 5.69 Å². The van der Waals surface area contributed by atoms with Crippen molar-refractivity contribution in [2.75, 3.05) is 0 Å². The fourth-order valence-electron chi connectivity index (χ4n) is 2.38. The second kappa shape index (κ2) is 7.16. The van der Waals surface area contributed by atoms with Crippen molar-refractivity contribution in [1.29, 1.82) is 0 Å². The summed E-state index contributed by atoms with van der Waals surface area (Å²) >= 11 is 2.57. The number of non-ortho nitro benzene ring substituents is 1. The number of nitrogens with zero attached hydrogens (tertiary/aromatic N) is 3. The molecule has 0 aliphatic rings. The van der Waals surface area contributed by atoms with E-state index < -0.39 is 16.1 Å². The third kappa shape index (κ3) is 3.47. The van der Waals surface area contributed by atoms with Crippen molar-refractivity contribution in [1.82, 2.24) is 9.97 Å². The van der Waals surface area contributed by atoms with Crippen LogP contribution in [0.1, 0.15) is 13.3 Å². The van der Waals surface area contributed by atoms with Crippen molar-refractivity contribution in [2.45, 2.75) is 23.6 Å². The van der Waals surface area contributed by atoms with Crippen LogP contribution in [-0.4, -0.2) is 31.2 Å². The van der Waals surface area contributed by atoms with Crippen molar-refractivity contribution in [3.8, 4) is 11.1 Å². The van der Waals surface area contributed by atoms with Gasteiger partial charge in [-0.2, -0.15) is 0 Å². The SMILES string of the molecule is CCC(Sc1ncnc2scc(-c3cccc([N+](=O)[O-])c3)c12)C(=O)O. The molecule has 25 heavy (non-hydrogen) atoms. The number of carboxylic acid groups (broad SMARTS) is 1. The Morgan fingerprint density at radius 1 is 1.44 bits per heavy atom. The minimum absolute atomic E-state index is 0.000117. The van der Waals surface area contributed by atoms with Crippen LogP contribution in [0.15, 0.2) is 41.0 Å². The summed E-state index contributed by atoms with van der Waals surface area (Å²) in [6, 6.07) is 6.34. The highest BCUT2D eigenvalue weighted by molar-refractivity contribution is 8.00. The molecule has 9 heteroatoms. The summed E-state index contributed by atoms with van der Waals surface area (Å²) < 4.78 is 0. The normalized spacial score (nSPS) is 12.2. The van der Waals surface area contributed by atoms with Crippen LogP contribution in [0.2, 0.25) is 0 Å². The van der Waals surface area contributed by atoms with Crippen LogP contribution >= 0.6 is 23.1 Å². The van der Waals surface area contributed by atoms with Crippen molar-refractivity contribution in [3.05, 3.63) is 46.1 Å². The number of aromatic nitrogens is 2. The average molecular weight is 375 g/mol. The van der Waals surface area contributed by atoms with Crippen LogP contribution in [0, 0.1) is 10.1 Å². The molecule has 0 aliphatic carbocycles. The monoisotopic (exact) mass is 375 g/mol. The van der Waals surface area contributed by atoms with Crippen molar-refractivity contribution < 1.29 is 14.8 Å². The second-order valence-corrected chi connectivity index (χ2v) is 7.22. The Morgan fingerprint density at radius 3 is 2.92 bits per heavy atom. The van der Waals surface area contributed by atoms with Crippen LogP contribution in [-0.2, 0) is 4.79 Å². The van der Waals surface area contributed by atoms with Gasteiger partial charge in [0.1, 0.15) is 21.4 Å². The molecule has 0 fully saturated rings. The number of benzene rings is 1. The molecule has 1 unspecified atom stereocenters. The number of nitro groups is 1. The lowest BCUT2D eigenvalue weighted by Gasteiger charge is -2.10. The van der Waals surface area contributed by atoms with Crippen molar-refractivity contribution in [2.24, 2.45) is 0 Å². The fraction of sp³-hybridized carbons (Fsp3) is 0.188. The summed E-state index contributed by atoms with van der Waals surface area (Å²) in [6.07, 6.45) is 1.87. The zero-order valence-corrected chi connectivity index (χ0v) is 14.7. The number of thioether (sulfide) groups is 1. The Bertz CT molecular complexity index is 957. The third-order valence-corrected chi connectivity index (χ3v) is 5.84. The van der Waals surface area contributed by atoms with Gasteiger partial charge in [0.15, 0.2) is 0 Å². The number of aliphatic carboxylic acids is 1. The standard InChI is InChI=1S/C16H13N3O4S2/c1-2-12(16(20)21)25-15-13-11(7-24-14(13)17-8-18-15)9-4-3-5-10(6-9)19(22)23/h3-8,12H,2H2,1H3,(H,20,21). The molecule has 128 valence electrons. The predicted molar refractivity (Wildman–Crippen MR) is 97.1 cm³/mol. The molecule has 0 amide bonds. The number of nitro benzene ring substituents is 1. The first-order valence-corrected chi connectivity index (χ1v) is 9.13. The maximum atomic E-state index is 11.3. The van der Waals surface area contributed by atoms with Crippen LogP contribution in [0.25, 0.3) is 21.3 Å². The molecule has 2 aromatic heterocycles. The van der Waals surface area contributed by atoms with Gasteiger partial charge in [-0.1, -0.05) is 30.8 Å². The molecular formula is C16H13N3O4S2. The second-order valence-electron chi connectivity index (χ2n) is 5.17. The Kier molecular flexibility index (Phi) is 4.95. The first-order chi connectivity index (χ1) is 12.0. The molecule has 2 heterocycles. The molecule has 0 radical (unpaired) electrons. The number of rotatable bonds is 6. The molecule has 1 N–H and O–H groups in total. The largest absolute Gasteiger partial charge is 0.480 e. The van der Waals surface area contributed by atoms with E-state index in [1.54, 1.807) is 19.1 Å². The molecular weight excluding hydrogens is 362 g/mol. The van der Waals surface area contributed by atoms with Gasteiger partial charge in [0, 0.05) is 23.1 Å². The van der Waals surface area contributed by atoms with Gasteiger partial charge >= 0.3 is 5.97 Å². The molecule has 0 saturated heterocycles. The first-order valence-electron chi connectivity index (χ1n) is 7.37.